The minimum atomic E-state index is 0.0688. The van der Waals surface area contributed by atoms with Crippen LogP contribution in [0.15, 0.2) is 18.2 Å². The van der Waals surface area contributed by atoms with Gasteiger partial charge in [0.2, 0.25) is 0 Å². The second-order valence-corrected chi connectivity index (χ2v) is 4.47. The van der Waals surface area contributed by atoms with E-state index >= 15 is 0 Å². The first-order valence-corrected chi connectivity index (χ1v) is 5.59. The fourth-order valence-corrected chi connectivity index (χ4v) is 2.35. The van der Waals surface area contributed by atoms with Crippen LogP contribution in [0.3, 0.4) is 0 Å². The molecule has 3 rings (SSSR count). The summed E-state index contributed by atoms with van der Waals surface area (Å²) in [6.45, 7) is 2.54. The lowest BCUT2D eigenvalue weighted by Crippen LogP contribution is -2.48. The highest BCUT2D eigenvalue weighted by molar-refractivity contribution is 5.74. The zero-order valence-electron chi connectivity index (χ0n) is 9.38. The largest absolute Gasteiger partial charge is 0.497 e. The van der Waals surface area contributed by atoms with E-state index in [2.05, 4.69) is 10.6 Å². The average molecular weight is 220 g/mol. The van der Waals surface area contributed by atoms with E-state index < -0.39 is 0 Å². The molecule has 0 radical (unpaired) electrons. The molecule has 2 N–H and O–H groups in total. The molecule has 0 amide bonds. The second kappa shape index (κ2) is 3.56. The third-order valence-corrected chi connectivity index (χ3v) is 3.35. The third kappa shape index (κ3) is 1.50. The Labute approximate surface area is 94.9 Å². The van der Waals surface area contributed by atoms with Crippen molar-refractivity contribution in [3.63, 3.8) is 0 Å². The first-order chi connectivity index (χ1) is 7.81. The maximum absolute atomic E-state index is 5.48. The molecule has 86 valence electrons. The van der Waals surface area contributed by atoms with E-state index in [0.29, 0.717) is 0 Å². The monoisotopic (exact) mass is 220 g/mol. The van der Waals surface area contributed by atoms with Crippen molar-refractivity contribution in [1.29, 1.82) is 0 Å². The second-order valence-electron chi connectivity index (χ2n) is 4.47. The van der Waals surface area contributed by atoms with Crippen LogP contribution in [-0.4, -0.2) is 32.4 Å². The molecule has 0 bridgehead atoms. The molecule has 1 aromatic rings. The molecule has 16 heavy (non-hydrogen) atoms. The number of rotatable bonds is 1. The van der Waals surface area contributed by atoms with Crippen molar-refractivity contribution in [2.45, 2.75) is 12.0 Å². The summed E-state index contributed by atoms with van der Waals surface area (Å²) in [4.78, 5) is 0. The van der Waals surface area contributed by atoms with Gasteiger partial charge in [-0.25, -0.2) is 0 Å². The molecule has 4 nitrogen and oxygen atoms in total. The maximum atomic E-state index is 5.48. The summed E-state index contributed by atoms with van der Waals surface area (Å²) in [6, 6.07) is 6.04. The molecule has 1 saturated heterocycles. The number of benzene rings is 1. The Balaban J connectivity index is 1.91. The molecule has 0 aromatic heterocycles. The zero-order chi connectivity index (χ0) is 11.0. The molecule has 2 aliphatic rings. The predicted octanol–water partition coefficient (Wildman–Crippen LogP) is 1.69. The van der Waals surface area contributed by atoms with E-state index in [0.717, 1.165) is 43.3 Å². The molecule has 0 saturated carbocycles. The number of anilines is 2. The van der Waals surface area contributed by atoms with E-state index in [-0.39, 0.29) is 5.54 Å². The molecule has 1 aromatic carbocycles. The molecule has 1 unspecified atom stereocenters. The summed E-state index contributed by atoms with van der Waals surface area (Å²) >= 11 is 0. The maximum Gasteiger partial charge on any atom is 0.121 e. The van der Waals surface area contributed by atoms with E-state index in [9.17, 15) is 0 Å². The summed E-state index contributed by atoms with van der Waals surface area (Å²) in [5.74, 6) is 0.879. The summed E-state index contributed by atoms with van der Waals surface area (Å²) in [6.07, 6.45) is 1.05. The smallest absolute Gasteiger partial charge is 0.121 e. The van der Waals surface area contributed by atoms with Crippen LogP contribution in [0.25, 0.3) is 0 Å². The van der Waals surface area contributed by atoms with E-state index in [1.165, 1.54) is 0 Å². The van der Waals surface area contributed by atoms with E-state index in [4.69, 9.17) is 9.47 Å². The normalized spacial score (nSPS) is 27.1. The van der Waals surface area contributed by atoms with Gasteiger partial charge in [-0.15, -0.1) is 0 Å². The summed E-state index contributed by atoms with van der Waals surface area (Å²) in [5, 5.41) is 7.03. The molecule has 1 spiro atoms. The average Bonchev–Trinajstić information content (AvgIpc) is 2.76. The quantitative estimate of drug-likeness (QED) is 0.756. The molecule has 1 atom stereocenters. The SMILES string of the molecule is COc1ccc2c(c1)NC1(CCOC1)CN2. The van der Waals surface area contributed by atoms with Crippen LogP contribution in [-0.2, 0) is 4.74 Å². The number of methoxy groups -OCH3 is 1. The summed E-state index contributed by atoms with van der Waals surface area (Å²) in [5.41, 5.74) is 2.31. The first-order valence-electron chi connectivity index (χ1n) is 5.59. The minimum Gasteiger partial charge on any atom is -0.497 e. The molecule has 0 aliphatic carbocycles. The Hall–Kier alpha value is -1.42. The Bertz CT molecular complexity index is 400. The van der Waals surface area contributed by atoms with Crippen molar-refractivity contribution in [3.8, 4) is 5.75 Å². The van der Waals surface area contributed by atoms with Crippen LogP contribution < -0.4 is 15.4 Å². The topological polar surface area (TPSA) is 42.5 Å². The Morgan fingerprint density at radius 1 is 1.38 bits per heavy atom. The zero-order valence-corrected chi connectivity index (χ0v) is 9.38. The van der Waals surface area contributed by atoms with Gasteiger partial charge in [-0.2, -0.15) is 0 Å². The van der Waals surface area contributed by atoms with Crippen molar-refractivity contribution < 1.29 is 9.47 Å². The Morgan fingerprint density at radius 2 is 2.31 bits per heavy atom. The Kier molecular flexibility index (Phi) is 2.17. The highest BCUT2D eigenvalue weighted by Crippen LogP contribution is 2.36. The van der Waals surface area contributed by atoms with E-state index in [1.807, 2.05) is 18.2 Å². The lowest BCUT2D eigenvalue weighted by molar-refractivity contribution is 0.184. The standard InChI is InChI=1S/C12H16N2O2/c1-15-9-2-3-10-11(6-9)14-12(7-13-10)4-5-16-8-12/h2-3,6,13-14H,4-5,7-8H2,1H3. The van der Waals surface area contributed by atoms with Crippen LogP contribution in [0.2, 0.25) is 0 Å². The van der Waals surface area contributed by atoms with Gasteiger partial charge in [0.05, 0.1) is 30.6 Å². The highest BCUT2D eigenvalue weighted by atomic mass is 16.5. The lowest BCUT2D eigenvalue weighted by Gasteiger charge is -2.36. The van der Waals surface area contributed by atoms with Gasteiger partial charge in [-0.3, -0.25) is 0 Å². The fourth-order valence-electron chi connectivity index (χ4n) is 2.35. The number of hydrogen-bond acceptors (Lipinski definition) is 4. The van der Waals surface area contributed by atoms with Gasteiger partial charge in [-0.1, -0.05) is 0 Å². The van der Waals surface area contributed by atoms with Crippen LogP contribution in [0.1, 0.15) is 6.42 Å². The van der Waals surface area contributed by atoms with Crippen LogP contribution in [0, 0.1) is 0 Å². The molecule has 2 aliphatic heterocycles. The van der Waals surface area contributed by atoms with Gasteiger partial charge in [0, 0.05) is 19.2 Å². The van der Waals surface area contributed by atoms with Gasteiger partial charge >= 0.3 is 0 Å². The first kappa shape index (κ1) is 9.78. The van der Waals surface area contributed by atoms with Gasteiger partial charge in [0.1, 0.15) is 5.75 Å². The van der Waals surface area contributed by atoms with Gasteiger partial charge in [-0.05, 0) is 18.6 Å². The van der Waals surface area contributed by atoms with Crippen LogP contribution in [0.5, 0.6) is 5.75 Å². The number of nitrogens with one attached hydrogen (secondary N) is 2. The lowest BCUT2D eigenvalue weighted by atomic mass is 9.95. The van der Waals surface area contributed by atoms with Crippen molar-refractivity contribution in [2.24, 2.45) is 0 Å². The molecule has 2 heterocycles. The van der Waals surface area contributed by atoms with E-state index in [1.54, 1.807) is 7.11 Å². The molecular formula is C12H16N2O2. The number of hydrogen-bond donors (Lipinski definition) is 2. The van der Waals surface area contributed by atoms with Gasteiger partial charge in [0.25, 0.3) is 0 Å². The molecular weight excluding hydrogens is 204 g/mol. The Morgan fingerprint density at radius 3 is 3.06 bits per heavy atom. The number of fused-ring (bicyclic) bond motifs is 1. The fraction of sp³-hybridized carbons (Fsp3) is 0.500. The summed E-state index contributed by atoms with van der Waals surface area (Å²) in [7, 11) is 1.69. The van der Waals surface area contributed by atoms with Crippen molar-refractivity contribution in [1.82, 2.24) is 0 Å². The molecule has 4 heteroatoms. The van der Waals surface area contributed by atoms with Gasteiger partial charge in [0.15, 0.2) is 0 Å². The minimum absolute atomic E-state index is 0.0688. The predicted molar refractivity (Wildman–Crippen MR) is 63.3 cm³/mol. The van der Waals surface area contributed by atoms with Gasteiger partial charge < -0.3 is 20.1 Å². The van der Waals surface area contributed by atoms with Crippen molar-refractivity contribution >= 4 is 11.4 Å². The van der Waals surface area contributed by atoms with Crippen molar-refractivity contribution in [3.05, 3.63) is 18.2 Å². The third-order valence-electron chi connectivity index (χ3n) is 3.35. The van der Waals surface area contributed by atoms with Crippen LogP contribution in [0.4, 0.5) is 11.4 Å². The van der Waals surface area contributed by atoms with Crippen molar-refractivity contribution in [2.75, 3.05) is 37.5 Å². The summed E-state index contributed by atoms with van der Waals surface area (Å²) < 4.78 is 10.7. The highest BCUT2D eigenvalue weighted by Gasteiger charge is 2.37. The number of ether oxygens (including phenoxy) is 2. The van der Waals surface area contributed by atoms with Crippen LogP contribution >= 0.6 is 0 Å². The molecule has 1 fully saturated rings.